The average molecular weight is 479 g/mol. The first-order valence-electron chi connectivity index (χ1n) is 12.1. The molecule has 0 heterocycles. The predicted molar refractivity (Wildman–Crippen MR) is 146 cm³/mol. The van der Waals surface area contributed by atoms with Gasteiger partial charge in [0.25, 0.3) is 0 Å². The third-order valence-electron chi connectivity index (χ3n) is 6.15. The molecule has 0 spiro atoms. The van der Waals surface area contributed by atoms with Crippen molar-refractivity contribution in [2.24, 2.45) is 11.7 Å². The second-order valence-corrected chi connectivity index (χ2v) is 9.62. The van der Waals surface area contributed by atoms with Crippen molar-refractivity contribution in [2.45, 2.75) is 44.9 Å². The van der Waals surface area contributed by atoms with Gasteiger partial charge in [-0.15, -0.1) is 0 Å². The number of hydrogen-bond donors (Lipinski definition) is 5. The number of fused-ring (bicyclic) bond motifs is 1. The third kappa shape index (κ3) is 8.13. The zero-order chi connectivity index (χ0) is 24.3. The van der Waals surface area contributed by atoms with Gasteiger partial charge in [0, 0.05) is 37.5 Å². The molecule has 5 N–H and O–H groups in total. The summed E-state index contributed by atoms with van der Waals surface area (Å²) in [4.78, 5) is 13.3. The maximum absolute atomic E-state index is 13.3. The number of nitrogens with two attached hydrogens (primary N) is 1. The normalized spacial score (nSPS) is 14.1. The van der Waals surface area contributed by atoms with Gasteiger partial charge in [0.15, 0.2) is 0 Å². The average Bonchev–Trinajstić information content (AvgIpc) is 2.86. The Labute approximate surface area is 209 Å². The molecule has 0 aromatic heterocycles. The standard InChI is InChI=1S/C28H38N4OS/c1-20(2)27(30-17-25(29)19-34)18-31-26(28(33)32-16-21-8-4-3-5-9-21)15-22-12-13-23-10-6-7-11-24(23)14-22/h3-14,20,25-27,30-31,34H,15-19,29H2,1-2H3,(H,32,33)/t25-,26+,27-/m1/s1. The van der Waals surface area contributed by atoms with Gasteiger partial charge in [0.05, 0.1) is 6.04 Å². The molecule has 0 saturated carbocycles. The van der Waals surface area contributed by atoms with Crippen LogP contribution in [0.2, 0.25) is 0 Å². The number of carbonyl (C=O) groups is 1. The lowest BCUT2D eigenvalue weighted by Gasteiger charge is -2.27. The van der Waals surface area contributed by atoms with E-state index in [1.54, 1.807) is 0 Å². The van der Waals surface area contributed by atoms with Gasteiger partial charge in [-0.05, 0) is 34.2 Å². The molecule has 3 rings (SSSR count). The molecular weight excluding hydrogens is 440 g/mol. The van der Waals surface area contributed by atoms with Crippen LogP contribution in [0.25, 0.3) is 10.8 Å². The molecule has 0 aliphatic carbocycles. The van der Waals surface area contributed by atoms with E-state index in [1.807, 2.05) is 42.5 Å². The maximum Gasteiger partial charge on any atom is 0.237 e. The van der Waals surface area contributed by atoms with Gasteiger partial charge in [0.1, 0.15) is 0 Å². The fourth-order valence-corrected chi connectivity index (χ4v) is 4.08. The van der Waals surface area contributed by atoms with Crippen molar-refractivity contribution >= 4 is 29.3 Å². The summed E-state index contributed by atoms with van der Waals surface area (Å²) in [6.45, 7) is 6.24. The van der Waals surface area contributed by atoms with E-state index in [2.05, 4.69) is 72.8 Å². The number of rotatable bonds is 13. The summed E-state index contributed by atoms with van der Waals surface area (Å²) in [7, 11) is 0. The van der Waals surface area contributed by atoms with Gasteiger partial charge in [-0.3, -0.25) is 4.79 Å². The molecule has 0 saturated heterocycles. The molecular formula is C28H38N4OS. The maximum atomic E-state index is 13.3. The largest absolute Gasteiger partial charge is 0.351 e. The van der Waals surface area contributed by atoms with E-state index in [1.165, 1.54) is 10.8 Å². The van der Waals surface area contributed by atoms with Crippen LogP contribution in [0.4, 0.5) is 0 Å². The van der Waals surface area contributed by atoms with Crippen LogP contribution in [0.15, 0.2) is 72.8 Å². The zero-order valence-corrected chi connectivity index (χ0v) is 21.1. The van der Waals surface area contributed by atoms with E-state index in [0.717, 1.165) is 11.1 Å². The van der Waals surface area contributed by atoms with E-state index in [4.69, 9.17) is 5.73 Å². The van der Waals surface area contributed by atoms with Crippen LogP contribution in [0.1, 0.15) is 25.0 Å². The molecule has 182 valence electrons. The zero-order valence-electron chi connectivity index (χ0n) is 20.2. The van der Waals surface area contributed by atoms with Gasteiger partial charge >= 0.3 is 0 Å². The number of amides is 1. The second kappa shape index (κ2) is 13.5. The SMILES string of the molecule is CC(C)[C@@H](CN[C@@H](Cc1ccc2ccccc2c1)C(=O)NCc1ccccc1)NC[C@@H](N)CS. The highest BCUT2D eigenvalue weighted by Gasteiger charge is 2.22. The topological polar surface area (TPSA) is 79.2 Å². The highest BCUT2D eigenvalue weighted by molar-refractivity contribution is 7.80. The van der Waals surface area contributed by atoms with Crippen LogP contribution in [-0.4, -0.2) is 42.9 Å². The molecule has 3 aromatic rings. The minimum absolute atomic E-state index is 0.00609. The number of carbonyl (C=O) groups excluding carboxylic acids is 1. The van der Waals surface area contributed by atoms with Crippen molar-refractivity contribution < 1.29 is 4.79 Å². The van der Waals surface area contributed by atoms with Crippen LogP contribution < -0.4 is 21.7 Å². The van der Waals surface area contributed by atoms with Crippen LogP contribution in [0, 0.1) is 5.92 Å². The molecule has 3 aromatic carbocycles. The van der Waals surface area contributed by atoms with E-state index >= 15 is 0 Å². The van der Waals surface area contributed by atoms with Crippen molar-refractivity contribution in [3.05, 3.63) is 83.9 Å². The summed E-state index contributed by atoms with van der Waals surface area (Å²) in [6, 6.07) is 24.6. The number of hydrogen-bond acceptors (Lipinski definition) is 5. The Bertz CT molecular complexity index is 1030. The lowest BCUT2D eigenvalue weighted by atomic mass is 9.99. The van der Waals surface area contributed by atoms with Crippen LogP contribution in [-0.2, 0) is 17.8 Å². The Balaban J connectivity index is 1.70. The van der Waals surface area contributed by atoms with Gasteiger partial charge in [0.2, 0.25) is 5.91 Å². The van der Waals surface area contributed by atoms with Gasteiger partial charge in [-0.1, -0.05) is 86.6 Å². The van der Waals surface area contributed by atoms with Crippen LogP contribution >= 0.6 is 12.6 Å². The fraction of sp³-hybridized carbons (Fsp3) is 0.393. The molecule has 0 aliphatic rings. The number of nitrogens with one attached hydrogen (secondary N) is 3. The smallest absolute Gasteiger partial charge is 0.237 e. The van der Waals surface area contributed by atoms with Gasteiger partial charge in [-0.2, -0.15) is 12.6 Å². The fourth-order valence-electron chi connectivity index (χ4n) is 3.95. The van der Waals surface area contributed by atoms with Gasteiger partial charge in [-0.25, -0.2) is 0 Å². The molecule has 0 fully saturated rings. The van der Waals surface area contributed by atoms with Crippen molar-refractivity contribution in [2.75, 3.05) is 18.8 Å². The summed E-state index contributed by atoms with van der Waals surface area (Å²) in [5.74, 6) is 1.04. The Hall–Kier alpha value is -2.38. The highest BCUT2D eigenvalue weighted by atomic mass is 32.1. The molecule has 0 bridgehead atoms. The summed E-state index contributed by atoms with van der Waals surface area (Å²) < 4.78 is 0. The quantitative estimate of drug-likeness (QED) is 0.244. The molecule has 1 amide bonds. The van der Waals surface area contributed by atoms with Crippen molar-refractivity contribution in [3.63, 3.8) is 0 Å². The van der Waals surface area contributed by atoms with Crippen molar-refractivity contribution in [1.29, 1.82) is 0 Å². The van der Waals surface area contributed by atoms with E-state index in [9.17, 15) is 4.79 Å². The second-order valence-electron chi connectivity index (χ2n) is 9.25. The highest BCUT2D eigenvalue weighted by Crippen LogP contribution is 2.17. The summed E-state index contributed by atoms with van der Waals surface area (Å²) in [6.07, 6.45) is 0.617. The first kappa shape index (κ1) is 26.2. The minimum atomic E-state index is -0.341. The molecule has 34 heavy (non-hydrogen) atoms. The predicted octanol–water partition coefficient (Wildman–Crippen LogP) is 3.53. The Kier molecular flexibility index (Phi) is 10.4. The third-order valence-corrected chi connectivity index (χ3v) is 6.61. The first-order valence-corrected chi connectivity index (χ1v) is 12.7. The van der Waals surface area contributed by atoms with Crippen molar-refractivity contribution in [3.8, 4) is 0 Å². The molecule has 0 radical (unpaired) electrons. The molecule has 3 atom stereocenters. The van der Waals surface area contributed by atoms with Gasteiger partial charge < -0.3 is 21.7 Å². The lowest BCUT2D eigenvalue weighted by molar-refractivity contribution is -0.123. The van der Waals surface area contributed by atoms with Crippen molar-refractivity contribution in [1.82, 2.24) is 16.0 Å². The van der Waals surface area contributed by atoms with E-state index in [0.29, 0.717) is 37.7 Å². The molecule has 0 unspecified atom stereocenters. The molecule has 0 aliphatic heterocycles. The Morgan fingerprint density at radius 1 is 0.882 bits per heavy atom. The molecule has 6 heteroatoms. The monoisotopic (exact) mass is 478 g/mol. The summed E-state index contributed by atoms with van der Waals surface area (Å²) >= 11 is 4.28. The van der Waals surface area contributed by atoms with E-state index < -0.39 is 0 Å². The Morgan fingerprint density at radius 3 is 2.29 bits per heavy atom. The van der Waals surface area contributed by atoms with E-state index in [-0.39, 0.29) is 24.0 Å². The summed E-state index contributed by atoms with van der Waals surface area (Å²) in [5.41, 5.74) is 8.27. The summed E-state index contributed by atoms with van der Waals surface area (Å²) in [5, 5.41) is 12.6. The first-order chi connectivity index (χ1) is 16.5. The minimum Gasteiger partial charge on any atom is -0.351 e. The number of thiol groups is 1. The lowest BCUT2D eigenvalue weighted by Crippen LogP contribution is -2.52. The molecule has 5 nitrogen and oxygen atoms in total. The van der Waals surface area contributed by atoms with Crippen LogP contribution in [0.3, 0.4) is 0 Å². The Morgan fingerprint density at radius 2 is 1.59 bits per heavy atom. The van der Waals surface area contributed by atoms with Crippen LogP contribution in [0.5, 0.6) is 0 Å². The number of benzene rings is 3.